The standard InChI is InChI=1S/C12H15F2NO2/c1-12(2,11(16)17)6-10(15)7-3-4-8(13)9(14)5-7/h3-5,10H,6,15H2,1-2H3,(H,16,17). The van der Waals surface area contributed by atoms with Crippen LogP contribution in [0.5, 0.6) is 0 Å². The summed E-state index contributed by atoms with van der Waals surface area (Å²) in [5, 5.41) is 8.95. The molecule has 0 amide bonds. The quantitative estimate of drug-likeness (QED) is 0.853. The molecule has 5 heteroatoms. The molecule has 0 bridgehead atoms. The van der Waals surface area contributed by atoms with Crippen molar-refractivity contribution in [1.29, 1.82) is 0 Å². The fourth-order valence-corrected chi connectivity index (χ4v) is 1.50. The highest BCUT2D eigenvalue weighted by atomic mass is 19.2. The zero-order chi connectivity index (χ0) is 13.2. The van der Waals surface area contributed by atoms with E-state index in [4.69, 9.17) is 10.8 Å². The zero-order valence-corrected chi connectivity index (χ0v) is 9.71. The third kappa shape index (κ3) is 3.23. The van der Waals surface area contributed by atoms with E-state index in [9.17, 15) is 13.6 Å². The Morgan fingerprint density at radius 2 is 2.00 bits per heavy atom. The summed E-state index contributed by atoms with van der Waals surface area (Å²) in [5.41, 5.74) is 5.16. The Bertz CT molecular complexity index is 433. The maximum absolute atomic E-state index is 13.0. The Morgan fingerprint density at radius 1 is 1.41 bits per heavy atom. The van der Waals surface area contributed by atoms with Crippen molar-refractivity contribution < 1.29 is 18.7 Å². The van der Waals surface area contributed by atoms with Gasteiger partial charge in [0, 0.05) is 6.04 Å². The molecule has 3 N–H and O–H groups in total. The van der Waals surface area contributed by atoms with Crippen LogP contribution >= 0.6 is 0 Å². The predicted octanol–water partition coefficient (Wildman–Crippen LogP) is 2.47. The molecule has 1 aromatic rings. The molecule has 94 valence electrons. The lowest BCUT2D eigenvalue weighted by Crippen LogP contribution is -2.29. The molecule has 0 saturated carbocycles. The second-order valence-corrected chi connectivity index (χ2v) is 4.67. The highest BCUT2D eigenvalue weighted by molar-refractivity contribution is 5.73. The van der Waals surface area contributed by atoms with Gasteiger partial charge in [0.1, 0.15) is 0 Å². The minimum Gasteiger partial charge on any atom is -0.481 e. The monoisotopic (exact) mass is 243 g/mol. The lowest BCUT2D eigenvalue weighted by molar-refractivity contribution is -0.147. The second-order valence-electron chi connectivity index (χ2n) is 4.67. The predicted molar refractivity (Wildman–Crippen MR) is 59.3 cm³/mol. The molecule has 0 aromatic heterocycles. The Labute approximate surface area is 98.2 Å². The Balaban J connectivity index is 2.87. The molecule has 0 aliphatic rings. The summed E-state index contributed by atoms with van der Waals surface area (Å²) in [6.07, 6.45) is 0.146. The van der Waals surface area contributed by atoms with Crippen LogP contribution in [0.3, 0.4) is 0 Å². The highest BCUT2D eigenvalue weighted by Gasteiger charge is 2.30. The van der Waals surface area contributed by atoms with E-state index in [1.165, 1.54) is 19.9 Å². The van der Waals surface area contributed by atoms with Gasteiger partial charge in [0.05, 0.1) is 5.41 Å². The van der Waals surface area contributed by atoms with Crippen LogP contribution in [0.4, 0.5) is 8.78 Å². The van der Waals surface area contributed by atoms with Crippen LogP contribution in [0.25, 0.3) is 0 Å². The first-order valence-corrected chi connectivity index (χ1v) is 5.18. The van der Waals surface area contributed by atoms with E-state index in [1.54, 1.807) is 0 Å². The second kappa shape index (κ2) is 4.79. The van der Waals surface area contributed by atoms with Gasteiger partial charge in [0.2, 0.25) is 0 Å². The van der Waals surface area contributed by atoms with Gasteiger partial charge in [-0.3, -0.25) is 4.79 Å². The van der Waals surface area contributed by atoms with Crippen molar-refractivity contribution in [3.8, 4) is 0 Å². The number of hydrogen-bond acceptors (Lipinski definition) is 2. The lowest BCUT2D eigenvalue weighted by Gasteiger charge is -2.23. The molecule has 0 radical (unpaired) electrons. The van der Waals surface area contributed by atoms with Crippen molar-refractivity contribution in [2.24, 2.45) is 11.1 Å². The van der Waals surface area contributed by atoms with Crippen molar-refractivity contribution >= 4 is 5.97 Å². The first kappa shape index (κ1) is 13.6. The van der Waals surface area contributed by atoms with E-state index >= 15 is 0 Å². The smallest absolute Gasteiger partial charge is 0.309 e. The SMILES string of the molecule is CC(C)(CC(N)c1ccc(F)c(F)c1)C(=O)O. The summed E-state index contributed by atoms with van der Waals surface area (Å²) in [4.78, 5) is 10.9. The molecule has 0 saturated heterocycles. The first-order chi connectivity index (χ1) is 7.74. The van der Waals surface area contributed by atoms with Gasteiger partial charge in [-0.05, 0) is 38.0 Å². The molecule has 1 unspecified atom stereocenters. The highest BCUT2D eigenvalue weighted by Crippen LogP contribution is 2.29. The number of benzene rings is 1. The molecular weight excluding hydrogens is 228 g/mol. The molecular formula is C12H15F2NO2. The van der Waals surface area contributed by atoms with Crippen molar-refractivity contribution in [3.05, 3.63) is 35.4 Å². The number of rotatable bonds is 4. The topological polar surface area (TPSA) is 63.3 Å². The molecule has 0 aliphatic heterocycles. The van der Waals surface area contributed by atoms with Crippen LogP contribution in [0.15, 0.2) is 18.2 Å². The summed E-state index contributed by atoms with van der Waals surface area (Å²) in [5.74, 6) is -2.90. The number of carboxylic acids is 1. The Kier molecular flexibility index (Phi) is 3.83. The maximum Gasteiger partial charge on any atom is 0.309 e. The number of carbonyl (C=O) groups is 1. The van der Waals surface area contributed by atoms with E-state index in [-0.39, 0.29) is 6.42 Å². The molecule has 17 heavy (non-hydrogen) atoms. The van der Waals surface area contributed by atoms with Gasteiger partial charge >= 0.3 is 5.97 Å². The molecule has 0 aliphatic carbocycles. The van der Waals surface area contributed by atoms with Gasteiger partial charge in [0.15, 0.2) is 11.6 Å². The van der Waals surface area contributed by atoms with E-state index in [1.807, 2.05) is 0 Å². The molecule has 1 rings (SSSR count). The molecule has 1 aromatic carbocycles. The third-order valence-electron chi connectivity index (χ3n) is 2.68. The third-order valence-corrected chi connectivity index (χ3v) is 2.68. The Hall–Kier alpha value is -1.49. The van der Waals surface area contributed by atoms with Gasteiger partial charge in [-0.25, -0.2) is 8.78 Å². The van der Waals surface area contributed by atoms with E-state index in [0.717, 1.165) is 12.1 Å². The summed E-state index contributed by atoms with van der Waals surface area (Å²) in [6.45, 7) is 3.07. The maximum atomic E-state index is 13.0. The van der Waals surface area contributed by atoms with Gasteiger partial charge in [-0.15, -0.1) is 0 Å². The number of halogens is 2. The van der Waals surface area contributed by atoms with Crippen molar-refractivity contribution in [2.75, 3.05) is 0 Å². The van der Waals surface area contributed by atoms with Gasteiger partial charge < -0.3 is 10.8 Å². The van der Waals surface area contributed by atoms with Crippen LogP contribution in [-0.4, -0.2) is 11.1 Å². The van der Waals surface area contributed by atoms with Crippen molar-refractivity contribution in [1.82, 2.24) is 0 Å². The summed E-state index contributed by atoms with van der Waals surface area (Å²) in [7, 11) is 0. The molecule has 0 spiro atoms. The van der Waals surface area contributed by atoms with Gasteiger partial charge in [-0.2, -0.15) is 0 Å². The van der Waals surface area contributed by atoms with Crippen LogP contribution in [0.1, 0.15) is 31.9 Å². The summed E-state index contributed by atoms with van der Waals surface area (Å²) >= 11 is 0. The van der Waals surface area contributed by atoms with E-state index in [0.29, 0.717) is 5.56 Å². The molecule has 3 nitrogen and oxygen atoms in total. The van der Waals surface area contributed by atoms with Crippen LogP contribution in [0.2, 0.25) is 0 Å². The molecule has 0 heterocycles. The summed E-state index contributed by atoms with van der Waals surface area (Å²) in [6, 6.07) is 2.70. The van der Waals surface area contributed by atoms with E-state index in [2.05, 4.69) is 0 Å². The van der Waals surface area contributed by atoms with Gasteiger partial charge in [-0.1, -0.05) is 6.07 Å². The average molecular weight is 243 g/mol. The fourth-order valence-electron chi connectivity index (χ4n) is 1.50. The molecule has 0 fully saturated rings. The number of hydrogen-bond donors (Lipinski definition) is 2. The minimum absolute atomic E-state index is 0.146. The minimum atomic E-state index is -1.01. The average Bonchev–Trinajstić information content (AvgIpc) is 2.21. The zero-order valence-electron chi connectivity index (χ0n) is 9.71. The number of nitrogens with two attached hydrogens (primary N) is 1. The van der Waals surface area contributed by atoms with Crippen LogP contribution in [-0.2, 0) is 4.79 Å². The van der Waals surface area contributed by atoms with Gasteiger partial charge in [0.25, 0.3) is 0 Å². The molecule has 1 atom stereocenters. The van der Waals surface area contributed by atoms with Crippen LogP contribution < -0.4 is 5.73 Å². The number of aliphatic carboxylic acids is 1. The largest absolute Gasteiger partial charge is 0.481 e. The normalized spacial score (nSPS) is 13.5. The summed E-state index contributed by atoms with van der Waals surface area (Å²) < 4.78 is 25.7. The number of carboxylic acid groups (broad SMARTS) is 1. The van der Waals surface area contributed by atoms with Crippen molar-refractivity contribution in [2.45, 2.75) is 26.3 Å². The lowest BCUT2D eigenvalue weighted by atomic mass is 9.84. The first-order valence-electron chi connectivity index (χ1n) is 5.18. The van der Waals surface area contributed by atoms with Crippen LogP contribution in [0, 0.1) is 17.0 Å². The van der Waals surface area contributed by atoms with E-state index < -0.39 is 29.1 Å². The Morgan fingerprint density at radius 3 is 2.47 bits per heavy atom. The van der Waals surface area contributed by atoms with Crippen molar-refractivity contribution in [3.63, 3.8) is 0 Å². The fraction of sp³-hybridized carbons (Fsp3) is 0.417.